The topological polar surface area (TPSA) is 78.1 Å². The van der Waals surface area contributed by atoms with E-state index >= 15 is 0 Å². The number of aromatic nitrogens is 3. The number of hydrogen-bond donors (Lipinski definition) is 0. The fraction of sp³-hybridized carbons (Fsp3) is 0.147. The minimum atomic E-state index is -0.269. The van der Waals surface area contributed by atoms with Crippen LogP contribution in [0.2, 0.25) is 0 Å². The first-order valence-corrected chi connectivity index (χ1v) is 40.2. The van der Waals surface area contributed by atoms with Crippen LogP contribution in [-0.2, 0) is 110 Å². The van der Waals surface area contributed by atoms with E-state index in [-0.39, 0.29) is 126 Å². The molecule has 3 radical (unpaired) electrons. The van der Waals surface area contributed by atoms with Gasteiger partial charge in [0, 0.05) is 115 Å². The maximum absolute atomic E-state index is 5.98. The summed E-state index contributed by atoms with van der Waals surface area (Å²) in [7, 11) is 0. The van der Waals surface area contributed by atoms with Crippen LogP contribution in [0.25, 0.3) is 78.8 Å². The van der Waals surface area contributed by atoms with Crippen molar-refractivity contribution in [2.24, 2.45) is 0 Å². The number of rotatable bonds is 7. The molecule has 0 fully saturated rings. The second-order valence-corrected chi connectivity index (χ2v) is 30.0. The maximum atomic E-state index is 5.98. The third kappa shape index (κ3) is 30.0. The van der Waals surface area contributed by atoms with Gasteiger partial charge in [-0.15, -0.1) is 0 Å². The molecule has 3 aromatic heterocycles. The molecule has 623 valence electrons. The Balaban J connectivity index is 0.000000234. The molecule has 3 heterocycles. The van der Waals surface area contributed by atoms with E-state index in [9.17, 15) is 0 Å². The maximum Gasteiger partial charge on any atom is 0.227 e. The van der Waals surface area contributed by atoms with E-state index in [1.807, 2.05) is 194 Å². The second kappa shape index (κ2) is 52.2. The molecular weight excluding hydrogens is 1750 g/mol. The Bertz CT molecular complexity index is 5770. The van der Waals surface area contributed by atoms with E-state index in [0.717, 1.165) is 56.4 Å². The van der Waals surface area contributed by atoms with Gasteiger partial charge >= 0.3 is 0 Å². The molecule has 1 aliphatic rings. The Kier molecular flexibility index (Phi) is 43.1. The van der Waals surface area contributed by atoms with Gasteiger partial charge in [-0.3, -0.25) is 0 Å². The fourth-order valence-electron chi connectivity index (χ4n) is 13.4. The van der Waals surface area contributed by atoms with Gasteiger partial charge in [-0.1, -0.05) is 243 Å². The number of hydrogen-bond acceptors (Lipinski definition) is 6. The van der Waals surface area contributed by atoms with Crippen molar-refractivity contribution in [2.75, 3.05) is 0 Å². The van der Waals surface area contributed by atoms with Crippen LogP contribution in [0.5, 0.6) is 0 Å². The van der Waals surface area contributed by atoms with E-state index in [0.29, 0.717) is 17.7 Å². The zero-order valence-electron chi connectivity index (χ0n) is 71.7. The summed E-state index contributed by atoms with van der Waals surface area (Å²) in [5.41, 5.74) is 33.3. The Morgan fingerprint density at radius 1 is 0.240 bits per heavy atom. The van der Waals surface area contributed by atoms with Gasteiger partial charge < -0.3 is 13.3 Å². The van der Waals surface area contributed by atoms with Gasteiger partial charge in [-0.2, -0.15) is 215 Å². The molecule has 0 amide bonds. The minimum Gasteiger partial charge on any atom is -0.436 e. The molecule has 0 saturated carbocycles. The smallest absolute Gasteiger partial charge is 0.227 e. The van der Waals surface area contributed by atoms with Gasteiger partial charge in [0.25, 0.3) is 0 Å². The Morgan fingerprint density at radius 2 is 0.504 bits per heavy atom. The molecule has 6 nitrogen and oxygen atoms in total. The summed E-state index contributed by atoms with van der Waals surface area (Å²) < 4.78 is 17.7. The van der Waals surface area contributed by atoms with E-state index in [4.69, 9.17) is 23.2 Å². The third-order valence-electron chi connectivity index (χ3n) is 19.9. The van der Waals surface area contributed by atoms with E-state index in [2.05, 4.69) is 300 Å². The Morgan fingerprint density at radius 3 is 0.768 bits per heavy atom. The first-order chi connectivity index (χ1) is 57.9. The molecule has 1 aliphatic carbocycles. The molecule has 0 bridgehead atoms. The van der Waals surface area contributed by atoms with Gasteiger partial charge in [0.1, 0.15) is 16.6 Å². The van der Waals surface area contributed by atoms with E-state index in [1.165, 1.54) is 111 Å². The molecule has 0 aliphatic heterocycles. The van der Waals surface area contributed by atoms with Crippen molar-refractivity contribution in [3.05, 3.63) is 507 Å². The van der Waals surface area contributed by atoms with E-state index < -0.39 is 0 Å². The Hall–Kier alpha value is -10.8. The van der Waals surface area contributed by atoms with Crippen LogP contribution in [-0.4, -0.2) is 15.0 Å². The van der Waals surface area contributed by atoms with E-state index in [1.54, 1.807) is 0 Å². The number of aryl methyl sites for hydroxylation is 12. The van der Waals surface area contributed by atoms with Crippen molar-refractivity contribution in [2.45, 2.75) is 117 Å². The monoisotopic (exact) mass is 1860 g/mol. The molecule has 125 heavy (non-hydrogen) atoms. The van der Waals surface area contributed by atoms with Crippen LogP contribution in [0, 0.1) is 119 Å². The molecule has 0 saturated heterocycles. The fourth-order valence-corrected chi connectivity index (χ4v) is 13.4. The van der Waals surface area contributed by atoms with Crippen molar-refractivity contribution in [1.82, 2.24) is 15.0 Å². The van der Waals surface area contributed by atoms with Crippen molar-refractivity contribution < 1.29 is 111 Å². The molecule has 16 aromatic carbocycles. The van der Waals surface area contributed by atoms with Crippen molar-refractivity contribution >= 4 is 33.3 Å². The zero-order valence-corrected chi connectivity index (χ0v) is 80.2. The largest absolute Gasteiger partial charge is 0.436 e. The average Bonchev–Trinajstić information content (AvgIpc) is 1.54. The molecule has 0 unspecified atom stereocenters. The van der Waals surface area contributed by atoms with Gasteiger partial charge in [0.15, 0.2) is 16.7 Å². The molecule has 19 aromatic rings. The first-order valence-electron chi connectivity index (χ1n) is 40.2. The third-order valence-corrected chi connectivity index (χ3v) is 19.9. The van der Waals surface area contributed by atoms with Crippen LogP contribution in [0.3, 0.4) is 0 Å². The Labute approximate surface area is 820 Å². The minimum absolute atomic E-state index is 0. The standard InChI is InChI=1S/C29H22N2O2.C27H22.C15H13NO.6C7H7.3CH4.3Y/c1-18-3-9-22(10-4-18)28-30-24-16-20(7-13-26(24)32-28)15-21-8-14-27-25(17-21)31-29(33-27)23-11-5-19(2)6-12-23;1-19-11-15-21(16-12-19)27(22-17-13-20(2)14-18-22)25-9-5-3-7-23(25)24-8-4-6-10-26(24)27;1-10-3-6-12(7-4-10)15-16-13-9-11(2)5-8-14(13)17-15;6*1-7-5-3-2-4-6-7;;;;;;/h3-14,16-17H,15H2,1-2H3;3-18H,1-2H3;3-9H,1-2H3;3*3-6H,1H3;3*2-3,5-6H,1H3;3*1H4;;;/q;;;6*-1;;;;;;. The van der Waals surface area contributed by atoms with Crippen LogP contribution in [0.4, 0.5) is 0 Å². The average molecular weight is 1860 g/mol. The normalized spacial score (nSPS) is 10.4. The van der Waals surface area contributed by atoms with Crippen LogP contribution in [0.15, 0.2) is 383 Å². The summed E-state index contributed by atoms with van der Waals surface area (Å²) in [6.45, 7) is 24.9. The molecule has 0 atom stereocenters. The quantitative estimate of drug-likeness (QED) is 0.148. The molecule has 0 N–H and O–H groups in total. The van der Waals surface area contributed by atoms with Gasteiger partial charge in [0.2, 0.25) is 17.7 Å². The predicted octanol–water partition coefficient (Wildman–Crippen LogP) is 31.0. The summed E-state index contributed by atoms with van der Waals surface area (Å²) >= 11 is 0. The van der Waals surface area contributed by atoms with Crippen LogP contribution in [0.1, 0.15) is 122 Å². The van der Waals surface area contributed by atoms with Crippen LogP contribution >= 0.6 is 0 Å². The molecule has 20 rings (SSSR count). The molecular formula is C116H111N3O3Y3-6. The van der Waals surface area contributed by atoms with Crippen LogP contribution < -0.4 is 0 Å². The van der Waals surface area contributed by atoms with Crippen molar-refractivity contribution in [1.29, 1.82) is 0 Å². The summed E-state index contributed by atoms with van der Waals surface area (Å²) in [5, 5.41) is 0. The number of oxazole rings is 3. The SMILES string of the molecule is C.C.C.Cc1c[c-]ccc1.Cc1c[c-]ccc1.Cc1c[c-]ccc1.Cc1cc[c-]cc1.Cc1cc[c-]cc1.Cc1cc[c-]cc1.Cc1ccc(-c2nc3cc(C)ccc3o2)cc1.Cc1ccc(-c2nc3cc(Cc4ccc5oc(-c6ccc(C)cc6)nc5c4)ccc3o2)cc1.Cc1ccc(C2(c3ccc(C)cc3)c3ccccc3-c3ccccc32)cc1.[Y].[Y].[Y]. The number of benzene rings is 16. The molecule has 0 spiro atoms. The summed E-state index contributed by atoms with van der Waals surface area (Å²) in [6, 6.07) is 144. The number of nitrogens with zero attached hydrogens (tertiary/aromatic N) is 3. The van der Waals surface area contributed by atoms with Gasteiger partial charge in [0.05, 0.1) is 5.41 Å². The predicted molar refractivity (Wildman–Crippen MR) is 514 cm³/mol. The van der Waals surface area contributed by atoms with Crippen molar-refractivity contribution in [3.63, 3.8) is 0 Å². The summed E-state index contributed by atoms with van der Waals surface area (Å²) in [5.74, 6) is 1.98. The van der Waals surface area contributed by atoms with Gasteiger partial charge in [-0.25, -0.2) is 15.0 Å². The van der Waals surface area contributed by atoms with Gasteiger partial charge in [-0.05, 0) is 171 Å². The number of fused-ring (bicyclic) bond motifs is 6. The molecule has 9 heteroatoms. The first kappa shape index (κ1) is 103. The second-order valence-electron chi connectivity index (χ2n) is 30.0. The summed E-state index contributed by atoms with van der Waals surface area (Å²) in [6.07, 6.45) is 0.783. The van der Waals surface area contributed by atoms with Crippen molar-refractivity contribution in [3.8, 4) is 45.5 Å². The zero-order chi connectivity index (χ0) is 83.3. The summed E-state index contributed by atoms with van der Waals surface area (Å²) in [4.78, 5) is 13.9.